The van der Waals surface area contributed by atoms with Crippen LogP contribution in [0, 0.1) is 5.82 Å². The van der Waals surface area contributed by atoms with Crippen molar-refractivity contribution in [1.82, 2.24) is 14.3 Å². The lowest BCUT2D eigenvalue weighted by Gasteiger charge is -2.06. The number of rotatable bonds is 3. The highest BCUT2D eigenvalue weighted by Gasteiger charge is 2.16. The maximum atomic E-state index is 13.8. The number of fused-ring (bicyclic) bond motifs is 1. The lowest BCUT2D eigenvalue weighted by Crippen LogP contribution is -2.27. The second-order valence-electron chi connectivity index (χ2n) is 4.45. The van der Waals surface area contributed by atoms with Gasteiger partial charge in [-0.3, -0.25) is 4.57 Å². The van der Waals surface area contributed by atoms with Crippen molar-refractivity contribution in [2.75, 3.05) is 5.73 Å². The van der Waals surface area contributed by atoms with Gasteiger partial charge in [-0.2, -0.15) is 0 Å². The van der Waals surface area contributed by atoms with E-state index in [1.165, 1.54) is 16.7 Å². The van der Waals surface area contributed by atoms with Crippen LogP contribution in [0.1, 0.15) is 6.92 Å². The number of aryl methyl sites for hydroxylation is 1. The molecule has 6 nitrogen and oxygen atoms in total. The molecule has 21 heavy (non-hydrogen) atoms. The van der Waals surface area contributed by atoms with Gasteiger partial charge in [0.15, 0.2) is 17.2 Å². The summed E-state index contributed by atoms with van der Waals surface area (Å²) < 4.78 is 16.3. The van der Waals surface area contributed by atoms with Crippen molar-refractivity contribution in [2.24, 2.45) is 0 Å². The van der Waals surface area contributed by atoms with E-state index in [4.69, 9.17) is 10.6 Å². The molecule has 0 bridgehead atoms. The summed E-state index contributed by atoms with van der Waals surface area (Å²) in [6, 6.07) is 7.48. The van der Waals surface area contributed by atoms with Crippen LogP contribution in [0.15, 0.2) is 41.3 Å². The number of nitrogens with two attached hydrogens (primary N) is 1. The molecule has 3 aromatic rings. The van der Waals surface area contributed by atoms with Gasteiger partial charge in [0.1, 0.15) is 0 Å². The standard InChI is InChI=1S/C14H13FN4O2/c1-2-18-11-4-3-7-17-13(11)19(14(18)20)21-12-6-5-9(16)8-10(12)15/h3-8H,2,16H2,1H3. The van der Waals surface area contributed by atoms with Gasteiger partial charge >= 0.3 is 5.69 Å². The van der Waals surface area contributed by atoms with Crippen LogP contribution in [0.3, 0.4) is 0 Å². The molecule has 0 aliphatic rings. The number of anilines is 1. The zero-order valence-corrected chi connectivity index (χ0v) is 11.3. The first-order valence-electron chi connectivity index (χ1n) is 6.41. The summed E-state index contributed by atoms with van der Waals surface area (Å²) in [6.45, 7) is 2.30. The fourth-order valence-corrected chi connectivity index (χ4v) is 2.14. The van der Waals surface area contributed by atoms with Crippen LogP contribution in [-0.2, 0) is 6.54 Å². The van der Waals surface area contributed by atoms with Crippen molar-refractivity contribution in [3.8, 4) is 5.75 Å². The Morgan fingerprint density at radius 2 is 2.19 bits per heavy atom. The van der Waals surface area contributed by atoms with Crippen LogP contribution in [0.2, 0.25) is 0 Å². The van der Waals surface area contributed by atoms with E-state index >= 15 is 0 Å². The van der Waals surface area contributed by atoms with E-state index in [2.05, 4.69) is 4.98 Å². The minimum absolute atomic E-state index is 0.0906. The van der Waals surface area contributed by atoms with Crippen LogP contribution >= 0.6 is 0 Å². The SMILES string of the molecule is CCn1c(=O)n(Oc2ccc(N)cc2F)c2ncccc21. The molecule has 2 aromatic heterocycles. The Labute approximate surface area is 119 Å². The molecule has 0 amide bonds. The van der Waals surface area contributed by atoms with Gasteiger partial charge in [-0.15, -0.1) is 4.73 Å². The number of aromatic nitrogens is 3. The molecule has 2 heterocycles. The molecule has 0 aliphatic carbocycles. The molecular formula is C14H13FN4O2. The average Bonchev–Trinajstić information content (AvgIpc) is 2.74. The highest BCUT2D eigenvalue weighted by molar-refractivity contribution is 5.70. The summed E-state index contributed by atoms with van der Waals surface area (Å²) in [6.07, 6.45) is 1.54. The van der Waals surface area contributed by atoms with Crippen molar-refractivity contribution in [1.29, 1.82) is 0 Å². The number of imidazole rings is 1. The van der Waals surface area contributed by atoms with E-state index < -0.39 is 11.5 Å². The molecule has 7 heteroatoms. The Morgan fingerprint density at radius 3 is 2.90 bits per heavy atom. The number of hydrogen-bond donors (Lipinski definition) is 1. The Morgan fingerprint density at radius 1 is 1.38 bits per heavy atom. The van der Waals surface area contributed by atoms with Crippen molar-refractivity contribution >= 4 is 16.9 Å². The minimum atomic E-state index is -0.643. The van der Waals surface area contributed by atoms with Gasteiger partial charge in [0.05, 0.1) is 5.52 Å². The third-order valence-electron chi connectivity index (χ3n) is 3.12. The number of pyridine rings is 1. The lowest BCUT2D eigenvalue weighted by molar-refractivity contribution is 0.202. The first kappa shape index (κ1) is 13.2. The maximum Gasteiger partial charge on any atom is 0.364 e. The average molecular weight is 288 g/mol. The third-order valence-corrected chi connectivity index (χ3v) is 3.12. The second kappa shape index (κ2) is 4.93. The van der Waals surface area contributed by atoms with Gasteiger partial charge < -0.3 is 10.6 Å². The van der Waals surface area contributed by atoms with Crippen LogP contribution in [-0.4, -0.2) is 14.3 Å². The molecule has 0 saturated carbocycles. The van der Waals surface area contributed by atoms with Crippen LogP contribution in [0.5, 0.6) is 5.75 Å². The molecule has 108 valence electrons. The normalized spacial score (nSPS) is 11.0. The second-order valence-corrected chi connectivity index (χ2v) is 4.45. The quantitative estimate of drug-likeness (QED) is 0.745. The first-order valence-corrected chi connectivity index (χ1v) is 6.41. The van der Waals surface area contributed by atoms with Crippen molar-refractivity contribution in [2.45, 2.75) is 13.5 Å². The van der Waals surface area contributed by atoms with Gasteiger partial charge in [-0.25, -0.2) is 14.2 Å². The molecule has 0 saturated heterocycles. The van der Waals surface area contributed by atoms with Gasteiger partial charge in [0, 0.05) is 24.5 Å². The van der Waals surface area contributed by atoms with Gasteiger partial charge in [0.2, 0.25) is 0 Å². The molecule has 3 rings (SSSR count). The molecule has 0 unspecified atom stereocenters. The van der Waals surface area contributed by atoms with Gasteiger partial charge in [-0.1, -0.05) is 0 Å². The van der Waals surface area contributed by atoms with Crippen LogP contribution in [0.4, 0.5) is 10.1 Å². The predicted octanol–water partition coefficient (Wildman–Crippen LogP) is 1.78. The maximum absolute atomic E-state index is 13.8. The smallest absolute Gasteiger partial charge is 0.364 e. The molecule has 0 aliphatic heterocycles. The topological polar surface area (TPSA) is 75.1 Å². The molecule has 2 N–H and O–H groups in total. The Kier molecular flexibility index (Phi) is 3.09. The van der Waals surface area contributed by atoms with Crippen molar-refractivity contribution < 1.29 is 9.23 Å². The molecule has 1 aromatic carbocycles. The fraction of sp³-hybridized carbons (Fsp3) is 0.143. The number of nitrogens with zero attached hydrogens (tertiary/aromatic N) is 3. The largest absolute Gasteiger partial charge is 0.399 e. The number of nitrogen functional groups attached to an aromatic ring is 1. The van der Waals surface area contributed by atoms with Gasteiger partial charge in [-0.05, 0) is 31.2 Å². The summed E-state index contributed by atoms with van der Waals surface area (Å²) in [5.74, 6) is -0.734. The molecule has 0 fully saturated rings. The first-order chi connectivity index (χ1) is 10.1. The summed E-state index contributed by atoms with van der Waals surface area (Å²) in [4.78, 5) is 21.8. The Balaban J connectivity index is 2.17. The van der Waals surface area contributed by atoms with E-state index in [-0.39, 0.29) is 11.4 Å². The highest BCUT2D eigenvalue weighted by atomic mass is 19.1. The van der Waals surface area contributed by atoms with E-state index in [0.29, 0.717) is 17.7 Å². The Hall–Kier alpha value is -2.83. The van der Waals surface area contributed by atoms with E-state index in [0.717, 1.165) is 10.8 Å². The third kappa shape index (κ3) is 2.12. The van der Waals surface area contributed by atoms with Crippen molar-refractivity contribution in [3.05, 3.63) is 52.8 Å². The monoisotopic (exact) mass is 288 g/mol. The summed E-state index contributed by atoms with van der Waals surface area (Å²) in [5, 5.41) is 0. The van der Waals surface area contributed by atoms with Crippen LogP contribution in [0.25, 0.3) is 11.2 Å². The number of hydrogen-bond acceptors (Lipinski definition) is 4. The van der Waals surface area contributed by atoms with Crippen LogP contribution < -0.4 is 16.3 Å². The summed E-state index contributed by atoms with van der Waals surface area (Å²) in [7, 11) is 0. The predicted molar refractivity (Wildman–Crippen MR) is 76.5 cm³/mol. The zero-order valence-electron chi connectivity index (χ0n) is 11.3. The molecular weight excluding hydrogens is 275 g/mol. The summed E-state index contributed by atoms with van der Waals surface area (Å²) >= 11 is 0. The number of halogens is 1. The highest BCUT2D eigenvalue weighted by Crippen LogP contribution is 2.20. The van der Waals surface area contributed by atoms with Crippen molar-refractivity contribution in [3.63, 3.8) is 0 Å². The van der Waals surface area contributed by atoms with E-state index in [9.17, 15) is 9.18 Å². The minimum Gasteiger partial charge on any atom is -0.399 e. The Bertz CT molecular complexity index is 869. The molecule has 0 spiro atoms. The van der Waals surface area contributed by atoms with Gasteiger partial charge in [0.25, 0.3) is 0 Å². The summed E-state index contributed by atoms with van der Waals surface area (Å²) in [5.41, 5.74) is 6.31. The van der Waals surface area contributed by atoms with E-state index in [1.54, 1.807) is 18.3 Å². The zero-order chi connectivity index (χ0) is 15.0. The molecule has 0 radical (unpaired) electrons. The fourth-order valence-electron chi connectivity index (χ4n) is 2.14. The molecule has 0 atom stereocenters. The lowest BCUT2D eigenvalue weighted by atomic mass is 10.3. The van der Waals surface area contributed by atoms with E-state index in [1.807, 2.05) is 6.92 Å². The number of benzene rings is 1.